The Kier molecular flexibility index (Phi) is 5.03. The number of hydrogen-bond acceptors (Lipinski definition) is 5. The number of nitrogens with zero attached hydrogens (tertiary/aromatic N) is 1. The summed E-state index contributed by atoms with van der Waals surface area (Å²) >= 11 is 7.37. The Balaban J connectivity index is 1.98. The maximum absolute atomic E-state index is 11.1. The van der Waals surface area contributed by atoms with Gasteiger partial charge in [0, 0.05) is 21.2 Å². The van der Waals surface area contributed by atoms with Gasteiger partial charge in [0.05, 0.1) is 10.5 Å². The van der Waals surface area contributed by atoms with Crippen LogP contribution in [0.15, 0.2) is 53.4 Å². The van der Waals surface area contributed by atoms with E-state index in [0.29, 0.717) is 21.3 Å². The second-order valence-electron chi connectivity index (χ2n) is 5.48. The van der Waals surface area contributed by atoms with Crippen molar-refractivity contribution < 1.29 is 13.0 Å². The van der Waals surface area contributed by atoms with Crippen LogP contribution in [-0.4, -0.2) is 13.0 Å². The van der Waals surface area contributed by atoms with E-state index in [0.717, 1.165) is 16.0 Å². The summed E-state index contributed by atoms with van der Waals surface area (Å²) in [5, 5.41) is 14.1. The zero-order valence-electron chi connectivity index (χ0n) is 13.5. The van der Waals surface area contributed by atoms with Crippen molar-refractivity contribution in [1.29, 1.82) is 5.26 Å². The standard InChI is InChI=1S/C18H13ClN2O3S2/c1-11-17(12-2-4-13(19)5-3-12)16(10-20)18(25-11)21-14-6-8-15(9-7-14)26(22,23)24/h2-9,21H,1H3,(H,22,23,24). The number of rotatable bonds is 4. The van der Waals surface area contributed by atoms with Crippen LogP contribution in [-0.2, 0) is 10.1 Å². The monoisotopic (exact) mass is 404 g/mol. The molecule has 0 aliphatic heterocycles. The van der Waals surface area contributed by atoms with Crippen molar-refractivity contribution in [2.45, 2.75) is 11.8 Å². The van der Waals surface area contributed by atoms with Crippen molar-refractivity contribution in [3.8, 4) is 17.2 Å². The van der Waals surface area contributed by atoms with Crippen LogP contribution >= 0.6 is 22.9 Å². The fourth-order valence-corrected chi connectivity index (χ4v) is 4.20. The van der Waals surface area contributed by atoms with E-state index < -0.39 is 10.1 Å². The molecule has 132 valence electrons. The Hall–Kier alpha value is -2.37. The van der Waals surface area contributed by atoms with E-state index in [9.17, 15) is 13.7 Å². The third-order valence-corrected chi connectivity index (χ3v) is 5.88. The van der Waals surface area contributed by atoms with Crippen LogP contribution in [0.4, 0.5) is 10.7 Å². The van der Waals surface area contributed by atoms with Crippen molar-refractivity contribution in [1.82, 2.24) is 0 Å². The molecule has 0 bridgehead atoms. The SMILES string of the molecule is Cc1sc(Nc2ccc(S(=O)(=O)O)cc2)c(C#N)c1-c1ccc(Cl)cc1. The van der Waals surface area contributed by atoms with Gasteiger partial charge in [0.2, 0.25) is 0 Å². The van der Waals surface area contributed by atoms with Gasteiger partial charge in [0.25, 0.3) is 10.1 Å². The molecular weight excluding hydrogens is 392 g/mol. The average Bonchev–Trinajstić information content (AvgIpc) is 2.90. The van der Waals surface area contributed by atoms with Gasteiger partial charge in [-0.2, -0.15) is 13.7 Å². The molecule has 1 heterocycles. The van der Waals surface area contributed by atoms with Crippen LogP contribution in [0, 0.1) is 18.3 Å². The number of halogens is 1. The van der Waals surface area contributed by atoms with E-state index in [1.165, 1.54) is 35.6 Å². The molecule has 0 amide bonds. The van der Waals surface area contributed by atoms with Crippen LogP contribution in [0.3, 0.4) is 0 Å². The lowest BCUT2D eigenvalue weighted by molar-refractivity contribution is 0.483. The van der Waals surface area contributed by atoms with Gasteiger partial charge >= 0.3 is 0 Å². The first-order valence-corrected chi connectivity index (χ1v) is 10.1. The lowest BCUT2D eigenvalue weighted by Crippen LogP contribution is -1.98. The molecule has 5 nitrogen and oxygen atoms in total. The predicted molar refractivity (Wildman–Crippen MR) is 104 cm³/mol. The molecule has 0 aliphatic carbocycles. The predicted octanol–water partition coefficient (Wildman–Crippen LogP) is 5.24. The molecule has 0 radical (unpaired) electrons. The molecule has 0 saturated heterocycles. The van der Waals surface area contributed by atoms with Crippen molar-refractivity contribution in [3.05, 3.63) is 64.0 Å². The van der Waals surface area contributed by atoms with Crippen LogP contribution in [0.5, 0.6) is 0 Å². The second kappa shape index (κ2) is 7.09. The van der Waals surface area contributed by atoms with Gasteiger partial charge < -0.3 is 5.32 Å². The number of hydrogen-bond donors (Lipinski definition) is 2. The Morgan fingerprint density at radius 1 is 1.12 bits per heavy atom. The van der Waals surface area contributed by atoms with Crippen molar-refractivity contribution in [2.75, 3.05) is 5.32 Å². The molecule has 1 aromatic heterocycles. The van der Waals surface area contributed by atoms with Crippen molar-refractivity contribution in [3.63, 3.8) is 0 Å². The Morgan fingerprint density at radius 2 is 1.73 bits per heavy atom. The van der Waals surface area contributed by atoms with Gasteiger partial charge in [-0.15, -0.1) is 11.3 Å². The lowest BCUT2D eigenvalue weighted by Gasteiger charge is -2.06. The molecule has 0 saturated carbocycles. The zero-order valence-corrected chi connectivity index (χ0v) is 15.9. The maximum atomic E-state index is 11.1. The number of anilines is 2. The summed E-state index contributed by atoms with van der Waals surface area (Å²) in [6.45, 7) is 1.93. The molecule has 0 spiro atoms. The molecule has 0 atom stereocenters. The molecule has 2 aromatic carbocycles. The molecule has 0 unspecified atom stereocenters. The molecule has 0 aliphatic rings. The average molecular weight is 405 g/mol. The van der Waals surface area contributed by atoms with E-state index in [4.69, 9.17) is 16.2 Å². The number of nitrogens with one attached hydrogen (secondary N) is 1. The highest BCUT2D eigenvalue weighted by Gasteiger charge is 2.18. The molecule has 2 N–H and O–H groups in total. The summed E-state index contributed by atoms with van der Waals surface area (Å²) in [7, 11) is -4.24. The fourth-order valence-electron chi connectivity index (χ4n) is 2.54. The fraction of sp³-hybridized carbons (Fsp3) is 0.0556. The highest BCUT2D eigenvalue weighted by atomic mass is 35.5. The van der Waals surface area contributed by atoms with Gasteiger partial charge in [-0.05, 0) is 48.9 Å². The minimum atomic E-state index is -4.24. The number of aryl methyl sites for hydroxylation is 1. The maximum Gasteiger partial charge on any atom is 0.294 e. The molecule has 26 heavy (non-hydrogen) atoms. The van der Waals surface area contributed by atoms with Gasteiger partial charge in [-0.3, -0.25) is 4.55 Å². The minimum absolute atomic E-state index is 0.187. The first kappa shape index (κ1) is 18.4. The number of benzene rings is 2. The Labute approximate surface area is 160 Å². The first-order valence-electron chi connectivity index (χ1n) is 7.43. The van der Waals surface area contributed by atoms with Gasteiger partial charge in [-0.1, -0.05) is 23.7 Å². The van der Waals surface area contributed by atoms with Crippen LogP contribution in [0.25, 0.3) is 11.1 Å². The van der Waals surface area contributed by atoms with Gasteiger partial charge in [-0.25, -0.2) is 0 Å². The molecule has 0 fully saturated rings. The van der Waals surface area contributed by atoms with E-state index >= 15 is 0 Å². The summed E-state index contributed by atoms with van der Waals surface area (Å²) in [4.78, 5) is 0.786. The Bertz CT molecular complexity index is 1100. The van der Waals surface area contributed by atoms with E-state index in [-0.39, 0.29) is 4.90 Å². The normalized spacial score (nSPS) is 11.2. The second-order valence-corrected chi connectivity index (χ2v) is 8.56. The highest BCUT2D eigenvalue weighted by Crippen LogP contribution is 2.40. The molecule has 3 aromatic rings. The topological polar surface area (TPSA) is 90.2 Å². The van der Waals surface area contributed by atoms with E-state index in [1.807, 2.05) is 19.1 Å². The summed E-state index contributed by atoms with van der Waals surface area (Å²) < 4.78 is 31.3. The van der Waals surface area contributed by atoms with E-state index in [2.05, 4.69) is 11.4 Å². The summed E-state index contributed by atoms with van der Waals surface area (Å²) in [5.41, 5.74) is 2.85. The quantitative estimate of drug-likeness (QED) is 0.580. The highest BCUT2D eigenvalue weighted by molar-refractivity contribution is 7.85. The van der Waals surface area contributed by atoms with Crippen LogP contribution in [0.2, 0.25) is 5.02 Å². The van der Waals surface area contributed by atoms with Crippen molar-refractivity contribution >= 4 is 43.7 Å². The van der Waals surface area contributed by atoms with Crippen LogP contribution < -0.4 is 5.32 Å². The summed E-state index contributed by atoms with van der Waals surface area (Å²) in [5.74, 6) is 0. The van der Waals surface area contributed by atoms with Gasteiger partial charge in [0.15, 0.2) is 0 Å². The van der Waals surface area contributed by atoms with E-state index in [1.54, 1.807) is 12.1 Å². The van der Waals surface area contributed by atoms with Gasteiger partial charge in [0.1, 0.15) is 11.1 Å². The number of thiophene rings is 1. The summed E-state index contributed by atoms with van der Waals surface area (Å²) in [6.07, 6.45) is 0. The third-order valence-electron chi connectivity index (χ3n) is 3.74. The zero-order chi connectivity index (χ0) is 18.9. The molecule has 3 rings (SSSR count). The summed E-state index contributed by atoms with van der Waals surface area (Å²) in [6, 6.07) is 15.2. The minimum Gasteiger partial charge on any atom is -0.346 e. The largest absolute Gasteiger partial charge is 0.346 e. The van der Waals surface area contributed by atoms with Crippen LogP contribution in [0.1, 0.15) is 10.4 Å². The Morgan fingerprint density at radius 3 is 2.27 bits per heavy atom. The molecule has 8 heteroatoms. The smallest absolute Gasteiger partial charge is 0.294 e. The lowest BCUT2D eigenvalue weighted by atomic mass is 10.0. The number of nitriles is 1. The first-order chi connectivity index (χ1) is 12.3. The third kappa shape index (κ3) is 3.74. The molecular formula is C18H13ClN2O3S2. The van der Waals surface area contributed by atoms with Crippen molar-refractivity contribution in [2.24, 2.45) is 0 Å².